The van der Waals surface area contributed by atoms with Crippen LogP contribution >= 0.6 is 11.6 Å². The standard InChI is InChI=1S/C11H16ClNO3/c1-2-15-9-3-4-11(10(12)5-9)16-7-8(14)6-13/h3-5,8,14H,2,6-7,13H2,1H3. The van der Waals surface area contributed by atoms with Crippen LogP contribution in [0.5, 0.6) is 11.5 Å². The number of hydrogen-bond donors (Lipinski definition) is 2. The number of halogens is 1. The van der Waals surface area contributed by atoms with Gasteiger partial charge in [-0.3, -0.25) is 0 Å². The highest BCUT2D eigenvalue weighted by atomic mass is 35.5. The zero-order chi connectivity index (χ0) is 12.0. The molecule has 0 amide bonds. The highest BCUT2D eigenvalue weighted by Crippen LogP contribution is 2.28. The van der Waals surface area contributed by atoms with E-state index in [0.29, 0.717) is 23.1 Å². The Morgan fingerprint density at radius 3 is 2.75 bits per heavy atom. The third-order valence-corrected chi connectivity index (χ3v) is 2.21. The molecule has 4 nitrogen and oxygen atoms in total. The molecule has 0 fully saturated rings. The first-order chi connectivity index (χ1) is 7.67. The Labute approximate surface area is 99.9 Å². The molecule has 90 valence electrons. The Hall–Kier alpha value is -0.970. The van der Waals surface area contributed by atoms with E-state index in [9.17, 15) is 5.11 Å². The minimum absolute atomic E-state index is 0.129. The van der Waals surface area contributed by atoms with Crippen LogP contribution in [0.2, 0.25) is 5.02 Å². The molecule has 0 aliphatic heterocycles. The summed E-state index contributed by atoms with van der Waals surface area (Å²) in [5.41, 5.74) is 5.25. The molecule has 0 saturated heterocycles. The van der Waals surface area contributed by atoms with E-state index in [-0.39, 0.29) is 13.2 Å². The van der Waals surface area contributed by atoms with Gasteiger partial charge in [0.15, 0.2) is 0 Å². The molecule has 0 spiro atoms. The zero-order valence-corrected chi connectivity index (χ0v) is 9.91. The summed E-state index contributed by atoms with van der Waals surface area (Å²) in [5.74, 6) is 1.21. The molecule has 0 bridgehead atoms. The van der Waals surface area contributed by atoms with E-state index in [0.717, 1.165) is 0 Å². The summed E-state index contributed by atoms with van der Waals surface area (Å²) in [6.07, 6.45) is -0.678. The van der Waals surface area contributed by atoms with Gasteiger partial charge in [0.1, 0.15) is 24.2 Å². The number of rotatable bonds is 6. The van der Waals surface area contributed by atoms with Crippen LogP contribution in [-0.2, 0) is 0 Å². The second-order valence-electron chi connectivity index (χ2n) is 3.23. The lowest BCUT2D eigenvalue weighted by atomic mass is 10.3. The van der Waals surface area contributed by atoms with Gasteiger partial charge in [0.25, 0.3) is 0 Å². The topological polar surface area (TPSA) is 64.7 Å². The van der Waals surface area contributed by atoms with E-state index < -0.39 is 6.10 Å². The second kappa shape index (κ2) is 6.58. The molecule has 1 aromatic rings. The maximum atomic E-state index is 9.23. The van der Waals surface area contributed by atoms with Crippen LogP contribution in [0, 0.1) is 0 Å². The molecular weight excluding hydrogens is 230 g/mol. The number of aliphatic hydroxyl groups excluding tert-OH is 1. The largest absolute Gasteiger partial charge is 0.494 e. The maximum Gasteiger partial charge on any atom is 0.138 e. The summed E-state index contributed by atoms with van der Waals surface area (Å²) >= 11 is 5.97. The van der Waals surface area contributed by atoms with Crippen LogP contribution in [0.25, 0.3) is 0 Å². The molecule has 0 saturated carbocycles. The van der Waals surface area contributed by atoms with Crippen LogP contribution in [-0.4, -0.2) is 31.0 Å². The minimum Gasteiger partial charge on any atom is -0.494 e. The van der Waals surface area contributed by atoms with Crippen molar-refractivity contribution in [3.8, 4) is 11.5 Å². The average Bonchev–Trinajstić information content (AvgIpc) is 2.28. The molecule has 0 radical (unpaired) electrons. The minimum atomic E-state index is -0.678. The molecule has 3 N–H and O–H groups in total. The Morgan fingerprint density at radius 2 is 2.19 bits per heavy atom. The SMILES string of the molecule is CCOc1ccc(OCC(O)CN)c(Cl)c1. The van der Waals surface area contributed by atoms with Gasteiger partial charge in [-0.1, -0.05) is 11.6 Å². The summed E-state index contributed by atoms with van der Waals surface area (Å²) in [6.45, 7) is 2.77. The number of benzene rings is 1. The van der Waals surface area contributed by atoms with Gasteiger partial charge in [-0.2, -0.15) is 0 Å². The lowest BCUT2D eigenvalue weighted by molar-refractivity contribution is 0.114. The van der Waals surface area contributed by atoms with Gasteiger partial charge in [0, 0.05) is 12.6 Å². The summed E-state index contributed by atoms with van der Waals surface area (Å²) in [4.78, 5) is 0. The first kappa shape index (κ1) is 13.1. The number of hydrogen-bond acceptors (Lipinski definition) is 4. The van der Waals surface area contributed by atoms with Crippen LogP contribution in [0.3, 0.4) is 0 Å². The molecule has 0 aliphatic rings. The number of nitrogens with two attached hydrogens (primary N) is 1. The van der Waals surface area contributed by atoms with Crippen molar-refractivity contribution in [1.82, 2.24) is 0 Å². The molecule has 1 rings (SSSR count). The van der Waals surface area contributed by atoms with Gasteiger partial charge in [-0.15, -0.1) is 0 Å². The van der Waals surface area contributed by atoms with Crippen LogP contribution in [0.15, 0.2) is 18.2 Å². The predicted octanol–water partition coefficient (Wildman–Crippen LogP) is 1.44. The van der Waals surface area contributed by atoms with Crippen LogP contribution in [0.1, 0.15) is 6.92 Å². The molecule has 0 heterocycles. The second-order valence-corrected chi connectivity index (χ2v) is 3.63. The third kappa shape index (κ3) is 3.89. The van der Waals surface area contributed by atoms with E-state index in [1.165, 1.54) is 0 Å². The third-order valence-electron chi connectivity index (χ3n) is 1.92. The first-order valence-corrected chi connectivity index (χ1v) is 5.48. The highest BCUT2D eigenvalue weighted by molar-refractivity contribution is 6.32. The number of aliphatic hydroxyl groups is 1. The van der Waals surface area contributed by atoms with E-state index in [4.69, 9.17) is 26.8 Å². The molecule has 1 aromatic carbocycles. The monoisotopic (exact) mass is 245 g/mol. The van der Waals surface area contributed by atoms with Gasteiger partial charge in [-0.05, 0) is 19.1 Å². The zero-order valence-electron chi connectivity index (χ0n) is 9.15. The van der Waals surface area contributed by atoms with Crippen molar-refractivity contribution < 1.29 is 14.6 Å². The summed E-state index contributed by atoms with van der Waals surface area (Å²) in [6, 6.07) is 5.14. The number of ether oxygens (including phenoxy) is 2. The lowest BCUT2D eigenvalue weighted by Gasteiger charge is -2.12. The smallest absolute Gasteiger partial charge is 0.138 e. The van der Waals surface area contributed by atoms with Gasteiger partial charge in [0.05, 0.1) is 11.6 Å². The van der Waals surface area contributed by atoms with Crippen molar-refractivity contribution in [3.63, 3.8) is 0 Å². The van der Waals surface area contributed by atoms with E-state index >= 15 is 0 Å². The Balaban J connectivity index is 2.60. The molecular formula is C11H16ClNO3. The van der Waals surface area contributed by atoms with Gasteiger partial charge in [0.2, 0.25) is 0 Å². The van der Waals surface area contributed by atoms with E-state index in [1.54, 1.807) is 18.2 Å². The summed E-state index contributed by atoms with van der Waals surface area (Å²) < 4.78 is 10.6. The van der Waals surface area contributed by atoms with Crippen molar-refractivity contribution >= 4 is 11.6 Å². The van der Waals surface area contributed by atoms with Crippen molar-refractivity contribution in [3.05, 3.63) is 23.2 Å². The summed E-state index contributed by atoms with van der Waals surface area (Å²) in [7, 11) is 0. The van der Waals surface area contributed by atoms with E-state index in [2.05, 4.69) is 0 Å². The van der Waals surface area contributed by atoms with Crippen molar-refractivity contribution in [2.45, 2.75) is 13.0 Å². The van der Waals surface area contributed by atoms with Crippen molar-refractivity contribution in [1.29, 1.82) is 0 Å². The fourth-order valence-electron chi connectivity index (χ4n) is 1.11. The Kier molecular flexibility index (Phi) is 5.38. The van der Waals surface area contributed by atoms with E-state index in [1.807, 2.05) is 6.92 Å². The lowest BCUT2D eigenvalue weighted by Crippen LogP contribution is -2.26. The van der Waals surface area contributed by atoms with Crippen LogP contribution < -0.4 is 15.2 Å². The molecule has 1 unspecified atom stereocenters. The van der Waals surface area contributed by atoms with Crippen LogP contribution in [0.4, 0.5) is 0 Å². The fraction of sp³-hybridized carbons (Fsp3) is 0.455. The molecule has 0 aliphatic carbocycles. The molecule has 16 heavy (non-hydrogen) atoms. The maximum absolute atomic E-state index is 9.23. The average molecular weight is 246 g/mol. The Bertz CT molecular complexity index is 333. The molecule has 0 aromatic heterocycles. The Morgan fingerprint density at radius 1 is 1.44 bits per heavy atom. The van der Waals surface area contributed by atoms with Gasteiger partial charge < -0.3 is 20.3 Å². The summed E-state index contributed by atoms with van der Waals surface area (Å²) in [5, 5.41) is 9.69. The van der Waals surface area contributed by atoms with Gasteiger partial charge >= 0.3 is 0 Å². The fourth-order valence-corrected chi connectivity index (χ4v) is 1.33. The molecule has 5 heteroatoms. The predicted molar refractivity (Wildman–Crippen MR) is 63.2 cm³/mol. The highest BCUT2D eigenvalue weighted by Gasteiger charge is 2.06. The van der Waals surface area contributed by atoms with Crippen molar-refractivity contribution in [2.24, 2.45) is 5.73 Å². The van der Waals surface area contributed by atoms with Crippen molar-refractivity contribution in [2.75, 3.05) is 19.8 Å². The quantitative estimate of drug-likeness (QED) is 0.796. The molecule has 1 atom stereocenters. The van der Waals surface area contributed by atoms with Gasteiger partial charge in [-0.25, -0.2) is 0 Å². The first-order valence-electron chi connectivity index (χ1n) is 5.10. The normalized spacial score (nSPS) is 12.2.